The number of ether oxygens (including phenoxy) is 4. The van der Waals surface area contributed by atoms with Crippen molar-refractivity contribution >= 4 is 17.5 Å². The molecule has 0 radical (unpaired) electrons. The summed E-state index contributed by atoms with van der Waals surface area (Å²) < 4.78 is 21.9. The lowest BCUT2D eigenvalue weighted by molar-refractivity contribution is -0.120. The minimum atomic E-state index is -0.638. The second kappa shape index (κ2) is 9.87. The summed E-state index contributed by atoms with van der Waals surface area (Å²) in [5.41, 5.74) is 6.06. The summed E-state index contributed by atoms with van der Waals surface area (Å²) in [6.07, 6.45) is 4.86. The predicted molar refractivity (Wildman–Crippen MR) is 112 cm³/mol. The van der Waals surface area contributed by atoms with Crippen LogP contribution in [0.4, 0.5) is 5.69 Å². The lowest BCUT2D eigenvalue weighted by atomic mass is 10.1. The van der Waals surface area contributed by atoms with Crippen molar-refractivity contribution in [2.24, 2.45) is 5.73 Å². The number of carbonyl (C=O) groups excluding carboxylic acids is 2. The highest BCUT2D eigenvalue weighted by Crippen LogP contribution is 2.38. The van der Waals surface area contributed by atoms with E-state index in [0.717, 1.165) is 18.6 Å². The molecule has 0 saturated heterocycles. The summed E-state index contributed by atoms with van der Waals surface area (Å²) in [4.78, 5) is 23.7. The monoisotopic (exact) mass is 414 g/mol. The lowest BCUT2D eigenvalue weighted by Gasteiger charge is -2.16. The molecule has 0 bridgehead atoms. The van der Waals surface area contributed by atoms with Crippen LogP contribution < -0.4 is 30.0 Å². The van der Waals surface area contributed by atoms with Crippen molar-refractivity contribution in [2.45, 2.75) is 31.8 Å². The van der Waals surface area contributed by atoms with Gasteiger partial charge in [-0.3, -0.25) is 9.59 Å². The Kier molecular flexibility index (Phi) is 7.00. The van der Waals surface area contributed by atoms with Crippen molar-refractivity contribution in [3.8, 4) is 23.0 Å². The van der Waals surface area contributed by atoms with Crippen molar-refractivity contribution in [2.75, 3.05) is 26.1 Å². The smallest absolute Gasteiger partial charge is 0.255 e. The fourth-order valence-electron chi connectivity index (χ4n) is 3.32. The molecule has 2 aromatic carbocycles. The first kappa shape index (κ1) is 21.3. The summed E-state index contributed by atoms with van der Waals surface area (Å²) in [5, 5.41) is 2.83. The van der Waals surface area contributed by atoms with Crippen LogP contribution >= 0.6 is 0 Å². The first-order valence-electron chi connectivity index (χ1n) is 9.75. The largest absolute Gasteiger partial charge is 0.493 e. The molecule has 160 valence electrons. The molecule has 8 heteroatoms. The molecule has 30 heavy (non-hydrogen) atoms. The summed E-state index contributed by atoms with van der Waals surface area (Å²) in [6, 6.07) is 10.3. The number of nitrogens with two attached hydrogens (primary N) is 1. The molecular formula is C22H26N2O6. The Hall–Kier alpha value is -3.42. The number of benzene rings is 2. The molecule has 0 aromatic heterocycles. The zero-order chi connectivity index (χ0) is 21.5. The minimum absolute atomic E-state index is 0.198. The average Bonchev–Trinajstić information content (AvgIpc) is 3.25. The van der Waals surface area contributed by atoms with Crippen molar-refractivity contribution in [3.63, 3.8) is 0 Å². The van der Waals surface area contributed by atoms with Crippen molar-refractivity contribution < 1.29 is 28.5 Å². The molecule has 3 rings (SSSR count). The Labute approximate surface area is 175 Å². The van der Waals surface area contributed by atoms with Gasteiger partial charge in [0, 0.05) is 11.3 Å². The van der Waals surface area contributed by atoms with Crippen LogP contribution in [0.25, 0.3) is 0 Å². The fraction of sp³-hybridized carbons (Fsp3) is 0.364. The van der Waals surface area contributed by atoms with Gasteiger partial charge in [-0.25, -0.2) is 0 Å². The molecule has 0 atom stereocenters. The second-order valence-corrected chi connectivity index (χ2v) is 6.97. The molecule has 2 aromatic rings. The van der Waals surface area contributed by atoms with Crippen LogP contribution in [0.1, 0.15) is 36.0 Å². The topological polar surface area (TPSA) is 109 Å². The first-order valence-corrected chi connectivity index (χ1v) is 9.75. The van der Waals surface area contributed by atoms with E-state index in [4.69, 9.17) is 24.7 Å². The number of amides is 2. The molecule has 8 nitrogen and oxygen atoms in total. The van der Waals surface area contributed by atoms with E-state index < -0.39 is 5.91 Å². The number of hydrogen-bond donors (Lipinski definition) is 2. The molecule has 1 aliphatic carbocycles. The summed E-state index contributed by atoms with van der Waals surface area (Å²) in [6.45, 7) is -0.340. The Morgan fingerprint density at radius 3 is 2.17 bits per heavy atom. The predicted octanol–water partition coefficient (Wildman–Crippen LogP) is 3.14. The highest BCUT2D eigenvalue weighted by Gasteiger charge is 2.19. The van der Waals surface area contributed by atoms with Gasteiger partial charge in [0.2, 0.25) is 5.75 Å². The van der Waals surface area contributed by atoms with Crippen LogP contribution in [0.15, 0.2) is 36.4 Å². The molecule has 3 N–H and O–H groups in total. The Balaban J connectivity index is 1.71. The van der Waals surface area contributed by atoms with Gasteiger partial charge in [-0.2, -0.15) is 0 Å². The van der Waals surface area contributed by atoms with Crippen LogP contribution in [0.5, 0.6) is 23.0 Å². The molecule has 1 fully saturated rings. The van der Waals surface area contributed by atoms with Crippen molar-refractivity contribution in [1.29, 1.82) is 0 Å². The van der Waals surface area contributed by atoms with Crippen molar-refractivity contribution in [1.82, 2.24) is 0 Å². The van der Waals surface area contributed by atoms with Crippen LogP contribution in [-0.4, -0.2) is 38.7 Å². The number of anilines is 1. The maximum absolute atomic E-state index is 12.7. The third kappa shape index (κ3) is 5.34. The lowest BCUT2D eigenvalue weighted by Crippen LogP contribution is -2.20. The number of rotatable bonds is 9. The van der Waals surface area contributed by atoms with Gasteiger partial charge in [0.05, 0.1) is 20.3 Å². The molecule has 0 unspecified atom stereocenters. The third-order valence-corrected chi connectivity index (χ3v) is 4.80. The molecule has 2 amide bonds. The van der Waals surface area contributed by atoms with Gasteiger partial charge in [-0.15, -0.1) is 0 Å². The summed E-state index contributed by atoms with van der Waals surface area (Å²) >= 11 is 0. The Bertz CT molecular complexity index is 866. The maximum atomic E-state index is 12.7. The van der Waals surface area contributed by atoms with E-state index in [0.29, 0.717) is 11.3 Å². The quantitative estimate of drug-likeness (QED) is 0.652. The minimum Gasteiger partial charge on any atom is -0.493 e. The van der Waals surface area contributed by atoms with Gasteiger partial charge >= 0.3 is 0 Å². The number of nitrogens with one attached hydrogen (secondary N) is 1. The van der Waals surface area contributed by atoms with Gasteiger partial charge in [0.15, 0.2) is 18.1 Å². The first-order chi connectivity index (χ1) is 14.5. The normalized spacial score (nSPS) is 13.5. The fourth-order valence-corrected chi connectivity index (χ4v) is 3.32. The molecule has 0 heterocycles. The zero-order valence-corrected chi connectivity index (χ0v) is 17.1. The van der Waals surface area contributed by atoms with Gasteiger partial charge in [-0.05, 0) is 62.1 Å². The molecule has 0 aliphatic heterocycles. The molecule has 1 aliphatic rings. The van der Waals surface area contributed by atoms with E-state index in [9.17, 15) is 9.59 Å². The standard InChI is InChI=1S/C22H26N2O6/c1-27-18-11-14(12-19(28-2)21(18)29-13-20(23)25)22(26)24-15-7-9-17(10-8-15)30-16-5-3-4-6-16/h7-12,16H,3-6,13H2,1-2H3,(H2,23,25)(H,24,26). The van der Waals surface area contributed by atoms with E-state index in [1.165, 1.54) is 39.2 Å². The highest BCUT2D eigenvalue weighted by atomic mass is 16.5. The van der Waals surface area contributed by atoms with Crippen LogP contribution in [0, 0.1) is 0 Å². The van der Waals surface area contributed by atoms with Crippen LogP contribution in [-0.2, 0) is 4.79 Å². The number of methoxy groups -OCH3 is 2. The summed E-state index contributed by atoms with van der Waals surface area (Å²) in [7, 11) is 2.85. The van der Waals surface area contributed by atoms with Crippen LogP contribution in [0.3, 0.4) is 0 Å². The van der Waals surface area contributed by atoms with Gasteiger partial charge < -0.3 is 30.0 Å². The van der Waals surface area contributed by atoms with Crippen LogP contribution in [0.2, 0.25) is 0 Å². The van der Waals surface area contributed by atoms with E-state index >= 15 is 0 Å². The zero-order valence-electron chi connectivity index (χ0n) is 17.1. The second-order valence-electron chi connectivity index (χ2n) is 6.97. The summed E-state index contributed by atoms with van der Waals surface area (Å²) in [5.74, 6) is 0.504. The van der Waals surface area contributed by atoms with E-state index in [1.54, 1.807) is 12.1 Å². The average molecular weight is 414 g/mol. The number of primary amides is 1. The van der Waals surface area contributed by atoms with E-state index in [2.05, 4.69) is 5.32 Å². The Morgan fingerprint density at radius 1 is 1.03 bits per heavy atom. The van der Waals surface area contributed by atoms with Crippen molar-refractivity contribution in [3.05, 3.63) is 42.0 Å². The van der Waals surface area contributed by atoms with Gasteiger partial charge in [-0.1, -0.05) is 0 Å². The van der Waals surface area contributed by atoms with Gasteiger partial charge in [0.1, 0.15) is 5.75 Å². The number of hydrogen-bond acceptors (Lipinski definition) is 6. The highest BCUT2D eigenvalue weighted by molar-refractivity contribution is 6.05. The number of carbonyl (C=O) groups is 2. The van der Waals surface area contributed by atoms with E-state index in [1.807, 2.05) is 12.1 Å². The Morgan fingerprint density at radius 2 is 1.63 bits per heavy atom. The van der Waals surface area contributed by atoms with E-state index in [-0.39, 0.29) is 35.9 Å². The third-order valence-electron chi connectivity index (χ3n) is 4.80. The molecule has 1 saturated carbocycles. The maximum Gasteiger partial charge on any atom is 0.255 e. The SMILES string of the molecule is COc1cc(C(=O)Nc2ccc(OC3CCCC3)cc2)cc(OC)c1OCC(N)=O. The molecular weight excluding hydrogens is 388 g/mol. The van der Waals surface area contributed by atoms with Gasteiger partial charge in [0.25, 0.3) is 11.8 Å². The molecule has 0 spiro atoms.